The Hall–Kier alpha value is -2.83. The number of rotatable bonds is 4. The van der Waals surface area contributed by atoms with Crippen LogP contribution in [0.1, 0.15) is 42.6 Å². The fourth-order valence-electron chi connectivity index (χ4n) is 3.81. The summed E-state index contributed by atoms with van der Waals surface area (Å²) < 4.78 is 16.1. The second-order valence-corrected chi connectivity index (χ2v) is 6.90. The van der Waals surface area contributed by atoms with Crippen molar-refractivity contribution in [1.29, 1.82) is 0 Å². The van der Waals surface area contributed by atoms with E-state index >= 15 is 0 Å². The molecule has 0 radical (unpaired) electrons. The average molecular weight is 382 g/mol. The Bertz CT molecular complexity index is 963. The molecule has 0 aromatic heterocycles. The summed E-state index contributed by atoms with van der Waals surface area (Å²) in [4.78, 5) is 13.5. The molecule has 28 heavy (non-hydrogen) atoms. The summed E-state index contributed by atoms with van der Waals surface area (Å²) in [6.45, 7) is 2.09. The number of Topliss-reactive ketones (excluding diaryl/α,β-unsaturated/α-hetero) is 1. The summed E-state index contributed by atoms with van der Waals surface area (Å²) in [6, 6.07) is 9.93. The van der Waals surface area contributed by atoms with Crippen molar-refractivity contribution in [3.63, 3.8) is 0 Å². The van der Waals surface area contributed by atoms with E-state index in [2.05, 4.69) is 0 Å². The van der Waals surface area contributed by atoms with Crippen molar-refractivity contribution in [3.05, 3.63) is 59.2 Å². The molecule has 0 spiro atoms. The lowest BCUT2D eigenvalue weighted by Crippen LogP contribution is -2.45. The molecule has 146 valence electrons. The highest BCUT2D eigenvalue weighted by Gasteiger charge is 2.52. The molecule has 2 aliphatic rings. The van der Waals surface area contributed by atoms with Crippen LogP contribution in [0.4, 0.5) is 0 Å². The molecule has 0 saturated heterocycles. The number of carbonyl (C=O) groups excluding carboxylic acids is 1. The lowest BCUT2D eigenvalue weighted by molar-refractivity contribution is -0.148. The number of aliphatic hydroxyl groups excluding tert-OH is 1. The van der Waals surface area contributed by atoms with Crippen LogP contribution in [0.25, 0.3) is 5.57 Å². The van der Waals surface area contributed by atoms with Gasteiger partial charge in [-0.05, 0) is 35.7 Å². The zero-order chi connectivity index (χ0) is 19.9. The maximum atomic E-state index is 13.5. The summed E-state index contributed by atoms with van der Waals surface area (Å²) in [7, 11) is 1.52. The van der Waals surface area contributed by atoms with Crippen LogP contribution in [0.2, 0.25) is 0 Å². The fourth-order valence-corrected chi connectivity index (χ4v) is 3.81. The van der Waals surface area contributed by atoms with E-state index in [0.29, 0.717) is 40.4 Å². The monoisotopic (exact) mass is 382 g/mol. The highest BCUT2D eigenvalue weighted by molar-refractivity contribution is 6.27. The molecule has 0 bridgehead atoms. The van der Waals surface area contributed by atoms with Gasteiger partial charge in [-0.1, -0.05) is 37.6 Å². The van der Waals surface area contributed by atoms with E-state index < -0.39 is 17.5 Å². The largest absolute Gasteiger partial charge is 0.496 e. The van der Waals surface area contributed by atoms with E-state index in [4.69, 9.17) is 14.2 Å². The number of unbranched alkanes of at least 4 members (excludes halogenated alkanes) is 1. The lowest BCUT2D eigenvalue weighted by atomic mass is 9.70. The van der Waals surface area contributed by atoms with Gasteiger partial charge in [0, 0.05) is 11.1 Å². The molecule has 1 heterocycles. The minimum atomic E-state index is -2.14. The number of benzene rings is 2. The van der Waals surface area contributed by atoms with Crippen LogP contribution in [-0.2, 0) is 10.4 Å². The number of carbonyl (C=O) groups is 1. The Labute approximate surface area is 163 Å². The summed E-state index contributed by atoms with van der Waals surface area (Å²) in [5.41, 5.74) is -0.562. The van der Waals surface area contributed by atoms with Crippen LogP contribution in [0, 0.1) is 0 Å². The zero-order valence-corrected chi connectivity index (χ0v) is 15.8. The van der Waals surface area contributed by atoms with Crippen molar-refractivity contribution in [2.75, 3.05) is 13.9 Å². The number of methoxy groups -OCH3 is 1. The predicted molar refractivity (Wildman–Crippen MR) is 102 cm³/mol. The molecule has 0 unspecified atom stereocenters. The van der Waals surface area contributed by atoms with Gasteiger partial charge in [0.1, 0.15) is 11.9 Å². The number of ketones is 1. The third kappa shape index (κ3) is 2.60. The highest BCUT2D eigenvalue weighted by atomic mass is 16.7. The topological polar surface area (TPSA) is 85.2 Å². The van der Waals surface area contributed by atoms with Crippen molar-refractivity contribution >= 4 is 11.4 Å². The normalized spacial score (nSPS) is 24.4. The fraction of sp³-hybridized carbons (Fsp3) is 0.318. The second-order valence-electron chi connectivity index (χ2n) is 6.90. The van der Waals surface area contributed by atoms with Crippen molar-refractivity contribution in [3.8, 4) is 17.2 Å². The van der Waals surface area contributed by atoms with Crippen molar-refractivity contribution in [1.82, 2.24) is 0 Å². The minimum absolute atomic E-state index is 0.0788. The standard InChI is InChI=1S/C22H22O6/c1-3-4-6-14-19-15(7-5-8-17(19)26-2)21(24)22(25,20(14)23)13-9-10-16-18(11-13)28-12-27-16/h5-11,21,24-25H,3-4,12H2,1-2H3/b14-6-/t21-,22+/m1/s1. The Kier molecular flexibility index (Phi) is 4.61. The lowest BCUT2D eigenvalue weighted by Gasteiger charge is -2.38. The molecular weight excluding hydrogens is 360 g/mol. The molecule has 6 nitrogen and oxygen atoms in total. The van der Waals surface area contributed by atoms with Gasteiger partial charge in [0.15, 0.2) is 17.1 Å². The molecule has 2 atom stereocenters. The number of ether oxygens (including phenoxy) is 3. The van der Waals surface area contributed by atoms with Gasteiger partial charge in [-0.3, -0.25) is 4.79 Å². The second kappa shape index (κ2) is 6.96. The average Bonchev–Trinajstić information content (AvgIpc) is 3.19. The maximum Gasteiger partial charge on any atom is 0.231 e. The smallest absolute Gasteiger partial charge is 0.231 e. The van der Waals surface area contributed by atoms with Gasteiger partial charge in [0.25, 0.3) is 0 Å². The maximum absolute atomic E-state index is 13.5. The van der Waals surface area contributed by atoms with E-state index in [1.54, 1.807) is 42.5 Å². The number of aliphatic hydroxyl groups is 2. The van der Waals surface area contributed by atoms with E-state index in [1.165, 1.54) is 7.11 Å². The third-order valence-corrected chi connectivity index (χ3v) is 5.28. The summed E-state index contributed by atoms with van der Waals surface area (Å²) in [5, 5.41) is 22.6. The Morgan fingerprint density at radius 1 is 1.25 bits per heavy atom. The van der Waals surface area contributed by atoms with Crippen LogP contribution in [0.5, 0.6) is 17.2 Å². The molecule has 1 aliphatic carbocycles. The first-order valence-electron chi connectivity index (χ1n) is 9.25. The SMILES string of the molecule is CCC/C=C1\C(=O)[C@@](O)(c2ccc3c(c2)OCO3)[C@H](O)c2cccc(OC)c21. The van der Waals surface area contributed by atoms with Gasteiger partial charge in [-0.25, -0.2) is 0 Å². The van der Waals surface area contributed by atoms with E-state index in [1.807, 2.05) is 6.92 Å². The van der Waals surface area contributed by atoms with Crippen LogP contribution in [0.3, 0.4) is 0 Å². The zero-order valence-electron chi connectivity index (χ0n) is 15.8. The quantitative estimate of drug-likeness (QED) is 0.791. The van der Waals surface area contributed by atoms with Gasteiger partial charge in [0.05, 0.1) is 7.11 Å². The highest BCUT2D eigenvalue weighted by Crippen LogP contribution is 2.50. The van der Waals surface area contributed by atoms with Crippen molar-refractivity contribution in [2.45, 2.75) is 31.5 Å². The Morgan fingerprint density at radius 2 is 2.04 bits per heavy atom. The first kappa shape index (κ1) is 18.5. The molecule has 2 aromatic carbocycles. The minimum Gasteiger partial charge on any atom is -0.496 e. The summed E-state index contributed by atoms with van der Waals surface area (Å²) in [5.74, 6) is 0.889. The van der Waals surface area contributed by atoms with Crippen LogP contribution >= 0.6 is 0 Å². The third-order valence-electron chi connectivity index (χ3n) is 5.28. The van der Waals surface area contributed by atoms with Crippen molar-refractivity contribution < 1.29 is 29.2 Å². The van der Waals surface area contributed by atoms with E-state index in [0.717, 1.165) is 6.42 Å². The summed E-state index contributed by atoms with van der Waals surface area (Å²) in [6.07, 6.45) is 1.84. The Morgan fingerprint density at radius 3 is 2.79 bits per heavy atom. The van der Waals surface area contributed by atoms with E-state index in [-0.39, 0.29) is 12.4 Å². The van der Waals surface area contributed by atoms with Gasteiger partial charge >= 0.3 is 0 Å². The summed E-state index contributed by atoms with van der Waals surface area (Å²) >= 11 is 0. The van der Waals surface area contributed by atoms with E-state index in [9.17, 15) is 15.0 Å². The molecule has 6 heteroatoms. The van der Waals surface area contributed by atoms with Gasteiger partial charge < -0.3 is 24.4 Å². The first-order chi connectivity index (χ1) is 13.5. The number of fused-ring (bicyclic) bond motifs is 2. The van der Waals surface area contributed by atoms with Crippen LogP contribution in [-0.4, -0.2) is 29.9 Å². The molecule has 2 aromatic rings. The predicted octanol–water partition coefficient (Wildman–Crippen LogP) is 3.11. The van der Waals surface area contributed by atoms with Crippen LogP contribution < -0.4 is 14.2 Å². The van der Waals surface area contributed by atoms with Gasteiger partial charge in [0.2, 0.25) is 12.6 Å². The molecule has 0 fully saturated rings. The van der Waals surface area contributed by atoms with Crippen molar-refractivity contribution in [2.24, 2.45) is 0 Å². The van der Waals surface area contributed by atoms with Gasteiger partial charge in [-0.2, -0.15) is 0 Å². The van der Waals surface area contributed by atoms with Gasteiger partial charge in [-0.15, -0.1) is 0 Å². The molecule has 4 rings (SSSR count). The first-order valence-corrected chi connectivity index (χ1v) is 9.25. The molecular formula is C22H22O6. The van der Waals surface area contributed by atoms with Crippen LogP contribution in [0.15, 0.2) is 42.5 Å². The molecule has 1 aliphatic heterocycles. The number of hydrogen-bond donors (Lipinski definition) is 2. The molecule has 0 amide bonds. The molecule has 2 N–H and O–H groups in total. The number of allylic oxidation sites excluding steroid dienone is 1. The number of hydrogen-bond acceptors (Lipinski definition) is 6. The Balaban J connectivity index is 1.93. The molecule has 0 saturated carbocycles.